The van der Waals surface area contributed by atoms with Gasteiger partial charge in [0, 0.05) is 23.6 Å². The molecule has 2 N–H and O–H groups in total. The molecule has 8 heteroatoms. The maximum Gasteiger partial charge on any atom is 0.269 e. The molecule has 2 amide bonds. The van der Waals surface area contributed by atoms with Crippen molar-refractivity contribution in [3.05, 3.63) is 34.4 Å². The molecule has 0 bridgehead atoms. The lowest BCUT2D eigenvalue weighted by Crippen LogP contribution is -2.40. The number of nitro benzene ring substituents is 1. The fourth-order valence-electron chi connectivity index (χ4n) is 1.54. The number of rotatable bonds is 8. The molecular weight excluding hydrogens is 306 g/mol. The van der Waals surface area contributed by atoms with Crippen molar-refractivity contribution in [2.45, 2.75) is 30.4 Å². The molecule has 0 aliphatic heterocycles. The Morgan fingerprint density at radius 1 is 1.27 bits per heavy atom. The summed E-state index contributed by atoms with van der Waals surface area (Å²) in [6.07, 6.45) is 0.839. The van der Waals surface area contributed by atoms with Gasteiger partial charge in [0.15, 0.2) is 0 Å². The second-order valence-corrected chi connectivity index (χ2v) is 5.99. The van der Waals surface area contributed by atoms with Crippen molar-refractivity contribution >= 4 is 29.3 Å². The molecule has 7 nitrogen and oxygen atoms in total. The Morgan fingerprint density at radius 2 is 1.91 bits per heavy atom. The standard InChI is InChI=1S/C14H19N3O4S/c1-3-8-15-13(18)9-16-14(19)10(2)22-12-6-4-11(5-7-12)17(20)21/h4-7,10H,3,8-9H2,1-2H3,(H,15,18)(H,16,19)/t10-/m1/s1. The molecule has 0 aliphatic rings. The van der Waals surface area contributed by atoms with Gasteiger partial charge in [0.1, 0.15) is 0 Å². The highest BCUT2D eigenvalue weighted by Gasteiger charge is 2.15. The fraction of sp³-hybridized carbons (Fsp3) is 0.429. The third kappa shape index (κ3) is 6.13. The summed E-state index contributed by atoms with van der Waals surface area (Å²) in [6.45, 7) is 4.19. The van der Waals surface area contributed by atoms with Gasteiger partial charge in [-0.2, -0.15) is 0 Å². The van der Waals surface area contributed by atoms with E-state index in [0.717, 1.165) is 11.3 Å². The van der Waals surface area contributed by atoms with Crippen LogP contribution in [0.25, 0.3) is 0 Å². The summed E-state index contributed by atoms with van der Waals surface area (Å²) in [6, 6.07) is 5.98. The maximum absolute atomic E-state index is 11.9. The van der Waals surface area contributed by atoms with Gasteiger partial charge in [-0.15, -0.1) is 11.8 Å². The molecule has 0 radical (unpaired) electrons. The highest BCUT2D eigenvalue weighted by molar-refractivity contribution is 8.00. The Morgan fingerprint density at radius 3 is 2.45 bits per heavy atom. The lowest BCUT2D eigenvalue weighted by atomic mass is 10.3. The van der Waals surface area contributed by atoms with Gasteiger partial charge in [-0.05, 0) is 25.5 Å². The van der Waals surface area contributed by atoms with E-state index in [2.05, 4.69) is 10.6 Å². The minimum absolute atomic E-state index is 0.00838. The number of amides is 2. The quantitative estimate of drug-likeness (QED) is 0.430. The van der Waals surface area contributed by atoms with Crippen LogP contribution in [0.15, 0.2) is 29.2 Å². The van der Waals surface area contributed by atoms with Crippen LogP contribution in [-0.4, -0.2) is 35.1 Å². The third-order valence-electron chi connectivity index (χ3n) is 2.72. The van der Waals surface area contributed by atoms with E-state index in [1.807, 2.05) is 6.92 Å². The average molecular weight is 325 g/mol. The first-order valence-electron chi connectivity index (χ1n) is 6.89. The van der Waals surface area contributed by atoms with E-state index in [9.17, 15) is 19.7 Å². The van der Waals surface area contributed by atoms with Gasteiger partial charge in [-0.1, -0.05) is 6.92 Å². The van der Waals surface area contributed by atoms with Crippen molar-refractivity contribution in [2.24, 2.45) is 0 Å². The van der Waals surface area contributed by atoms with E-state index in [1.54, 1.807) is 19.1 Å². The Hall–Kier alpha value is -2.09. The number of nitrogens with one attached hydrogen (secondary N) is 2. The molecule has 120 valence electrons. The molecule has 0 spiro atoms. The summed E-state index contributed by atoms with van der Waals surface area (Å²) in [5, 5.41) is 15.4. The van der Waals surface area contributed by atoms with E-state index in [0.29, 0.717) is 6.54 Å². The van der Waals surface area contributed by atoms with E-state index in [-0.39, 0.29) is 24.0 Å². The zero-order valence-corrected chi connectivity index (χ0v) is 13.3. The summed E-state index contributed by atoms with van der Waals surface area (Å²) >= 11 is 1.28. The molecule has 1 rings (SSSR count). The summed E-state index contributed by atoms with van der Waals surface area (Å²) in [4.78, 5) is 34.1. The lowest BCUT2D eigenvalue weighted by molar-refractivity contribution is -0.384. The molecule has 0 aromatic heterocycles. The van der Waals surface area contributed by atoms with E-state index >= 15 is 0 Å². The van der Waals surface area contributed by atoms with Crippen LogP contribution in [0.3, 0.4) is 0 Å². The van der Waals surface area contributed by atoms with Crippen molar-refractivity contribution < 1.29 is 14.5 Å². The SMILES string of the molecule is CCCNC(=O)CNC(=O)[C@@H](C)Sc1ccc([N+](=O)[O-])cc1. The van der Waals surface area contributed by atoms with E-state index in [1.165, 1.54) is 23.9 Å². The number of nitrogens with zero attached hydrogens (tertiary/aromatic N) is 1. The van der Waals surface area contributed by atoms with Gasteiger partial charge in [-0.3, -0.25) is 19.7 Å². The lowest BCUT2D eigenvalue weighted by Gasteiger charge is -2.12. The fourth-order valence-corrected chi connectivity index (χ4v) is 2.43. The molecule has 0 heterocycles. The second-order valence-electron chi connectivity index (χ2n) is 4.58. The Balaban J connectivity index is 2.43. The van der Waals surface area contributed by atoms with Crippen molar-refractivity contribution in [1.29, 1.82) is 0 Å². The van der Waals surface area contributed by atoms with Crippen LogP contribution in [0.2, 0.25) is 0 Å². The predicted molar refractivity (Wildman–Crippen MR) is 84.7 cm³/mol. The number of benzene rings is 1. The molecule has 0 unspecified atom stereocenters. The summed E-state index contributed by atoms with van der Waals surface area (Å²) in [5.74, 6) is -0.474. The highest BCUT2D eigenvalue weighted by Crippen LogP contribution is 2.25. The second kappa shape index (κ2) is 9.04. The number of carbonyl (C=O) groups is 2. The van der Waals surface area contributed by atoms with Gasteiger partial charge in [0.2, 0.25) is 11.8 Å². The van der Waals surface area contributed by atoms with Gasteiger partial charge >= 0.3 is 0 Å². The number of hydrogen-bond donors (Lipinski definition) is 2. The number of thioether (sulfide) groups is 1. The monoisotopic (exact) mass is 325 g/mol. The predicted octanol–water partition coefficient (Wildman–Crippen LogP) is 1.72. The number of hydrogen-bond acceptors (Lipinski definition) is 5. The molecular formula is C14H19N3O4S. The van der Waals surface area contributed by atoms with Crippen molar-refractivity contribution in [3.63, 3.8) is 0 Å². The zero-order chi connectivity index (χ0) is 16.5. The van der Waals surface area contributed by atoms with Crippen LogP contribution in [0.5, 0.6) is 0 Å². The molecule has 1 aromatic rings. The highest BCUT2D eigenvalue weighted by atomic mass is 32.2. The molecule has 1 atom stereocenters. The third-order valence-corrected chi connectivity index (χ3v) is 3.84. The van der Waals surface area contributed by atoms with Crippen molar-refractivity contribution in [3.8, 4) is 0 Å². The normalized spacial score (nSPS) is 11.5. The Labute approximate surface area is 133 Å². The maximum atomic E-state index is 11.9. The van der Waals surface area contributed by atoms with Crippen molar-refractivity contribution in [1.82, 2.24) is 10.6 Å². The summed E-state index contributed by atoms with van der Waals surface area (Å²) < 4.78 is 0. The van der Waals surface area contributed by atoms with Crippen LogP contribution in [0, 0.1) is 10.1 Å². The zero-order valence-electron chi connectivity index (χ0n) is 12.5. The molecule has 1 aromatic carbocycles. The molecule has 0 saturated heterocycles. The minimum Gasteiger partial charge on any atom is -0.355 e. The number of non-ortho nitro benzene ring substituents is 1. The first-order valence-corrected chi connectivity index (χ1v) is 7.77. The van der Waals surface area contributed by atoms with E-state index < -0.39 is 10.2 Å². The van der Waals surface area contributed by atoms with Crippen LogP contribution in [0.1, 0.15) is 20.3 Å². The summed E-state index contributed by atoms with van der Waals surface area (Å²) in [7, 11) is 0. The van der Waals surface area contributed by atoms with Crippen LogP contribution in [-0.2, 0) is 9.59 Å². The topological polar surface area (TPSA) is 101 Å². The van der Waals surface area contributed by atoms with Crippen LogP contribution in [0.4, 0.5) is 5.69 Å². The number of nitro groups is 1. The molecule has 0 aliphatic carbocycles. The van der Waals surface area contributed by atoms with Crippen LogP contribution < -0.4 is 10.6 Å². The Bertz CT molecular complexity index is 533. The van der Waals surface area contributed by atoms with Gasteiger partial charge in [0.05, 0.1) is 16.7 Å². The van der Waals surface area contributed by atoms with E-state index in [4.69, 9.17) is 0 Å². The molecule has 0 fully saturated rings. The van der Waals surface area contributed by atoms with Gasteiger partial charge < -0.3 is 10.6 Å². The van der Waals surface area contributed by atoms with Gasteiger partial charge in [-0.25, -0.2) is 0 Å². The van der Waals surface area contributed by atoms with Crippen LogP contribution >= 0.6 is 11.8 Å². The summed E-state index contributed by atoms with van der Waals surface area (Å²) in [5.41, 5.74) is 0.00838. The van der Waals surface area contributed by atoms with Crippen molar-refractivity contribution in [2.75, 3.05) is 13.1 Å². The molecule has 22 heavy (non-hydrogen) atoms. The number of carbonyl (C=O) groups excluding carboxylic acids is 2. The molecule has 0 saturated carbocycles. The largest absolute Gasteiger partial charge is 0.355 e. The minimum atomic E-state index is -0.473. The first-order chi connectivity index (χ1) is 10.4. The smallest absolute Gasteiger partial charge is 0.269 e. The first kappa shape index (κ1) is 18.0. The Kier molecular flexibility index (Phi) is 7.38. The van der Waals surface area contributed by atoms with Gasteiger partial charge in [0.25, 0.3) is 5.69 Å². The average Bonchev–Trinajstić information content (AvgIpc) is 2.50.